The number of cyclic esters (lactones) is 1. The van der Waals surface area contributed by atoms with Gasteiger partial charge in [0.15, 0.2) is 8.32 Å². The van der Waals surface area contributed by atoms with E-state index in [1.165, 1.54) is 6.08 Å². The predicted octanol–water partition coefficient (Wildman–Crippen LogP) is 2.74. The normalized spacial score (nSPS) is 22.1. The molecule has 0 radical (unpaired) electrons. The van der Waals surface area contributed by atoms with E-state index in [1.807, 2.05) is 6.08 Å². The lowest BCUT2D eigenvalue weighted by Crippen LogP contribution is -2.42. The highest BCUT2D eigenvalue weighted by Gasteiger charge is 2.37. The number of rotatable bonds is 3. The summed E-state index contributed by atoms with van der Waals surface area (Å²) < 4.78 is 11.0. The van der Waals surface area contributed by atoms with Crippen molar-refractivity contribution < 1.29 is 14.0 Å². The van der Waals surface area contributed by atoms with Gasteiger partial charge in [0, 0.05) is 18.6 Å². The van der Waals surface area contributed by atoms with Crippen LogP contribution >= 0.6 is 0 Å². The maximum Gasteiger partial charge on any atom is 0.330 e. The maximum atomic E-state index is 10.8. The first-order valence-electron chi connectivity index (χ1n) is 5.71. The van der Waals surface area contributed by atoms with Crippen molar-refractivity contribution in [3.63, 3.8) is 0 Å². The third-order valence-electron chi connectivity index (χ3n) is 3.41. The smallest absolute Gasteiger partial charge is 0.330 e. The molecule has 0 saturated carbocycles. The first-order chi connectivity index (χ1) is 7.22. The number of carbonyl (C=O) groups excluding carboxylic acids is 1. The van der Waals surface area contributed by atoms with Crippen LogP contribution in [0, 0.1) is 5.92 Å². The molecule has 1 unspecified atom stereocenters. The number of esters is 1. The minimum Gasteiger partial charge on any atom is -0.462 e. The summed E-state index contributed by atoms with van der Waals surface area (Å²) in [5.74, 6) is -0.0320. The van der Waals surface area contributed by atoms with E-state index in [0.717, 1.165) is 0 Å². The maximum absolute atomic E-state index is 10.8. The van der Waals surface area contributed by atoms with Crippen molar-refractivity contribution in [3.05, 3.63) is 12.2 Å². The molecule has 0 aliphatic carbocycles. The minimum atomic E-state index is -1.68. The van der Waals surface area contributed by atoms with Crippen LogP contribution in [0.5, 0.6) is 0 Å². The lowest BCUT2D eigenvalue weighted by atomic mass is 10.1. The molecular formula is C12H22O3Si. The van der Waals surface area contributed by atoms with E-state index in [2.05, 4.69) is 33.9 Å². The van der Waals surface area contributed by atoms with Crippen LogP contribution in [-0.4, -0.2) is 27.5 Å². The monoisotopic (exact) mass is 242 g/mol. The van der Waals surface area contributed by atoms with E-state index in [-0.39, 0.29) is 16.9 Å². The molecule has 16 heavy (non-hydrogen) atoms. The molecular weight excluding hydrogens is 220 g/mol. The van der Waals surface area contributed by atoms with E-state index in [0.29, 0.717) is 13.2 Å². The molecule has 1 rings (SSSR count). The van der Waals surface area contributed by atoms with Crippen LogP contribution in [-0.2, 0) is 14.0 Å². The van der Waals surface area contributed by atoms with Gasteiger partial charge in [-0.3, -0.25) is 0 Å². The van der Waals surface area contributed by atoms with Gasteiger partial charge < -0.3 is 9.16 Å². The first kappa shape index (κ1) is 13.5. The van der Waals surface area contributed by atoms with Crippen molar-refractivity contribution in [1.29, 1.82) is 0 Å². The van der Waals surface area contributed by atoms with Gasteiger partial charge in [0.2, 0.25) is 0 Å². The molecule has 0 spiro atoms. The summed E-state index contributed by atoms with van der Waals surface area (Å²) in [5, 5.41) is 0.224. The van der Waals surface area contributed by atoms with Crippen LogP contribution in [0.1, 0.15) is 20.8 Å². The average molecular weight is 242 g/mol. The van der Waals surface area contributed by atoms with Gasteiger partial charge in [-0.1, -0.05) is 26.8 Å². The third kappa shape index (κ3) is 3.45. The highest BCUT2D eigenvalue weighted by atomic mass is 28.4. The summed E-state index contributed by atoms with van der Waals surface area (Å²) in [7, 11) is -1.68. The van der Waals surface area contributed by atoms with Gasteiger partial charge in [-0.05, 0) is 18.1 Å². The molecule has 1 aliphatic rings. The molecule has 1 atom stereocenters. The Balaban J connectivity index is 2.46. The lowest BCUT2D eigenvalue weighted by molar-refractivity contribution is -0.140. The Morgan fingerprint density at radius 2 is 2.12 bits per heavy atom. The Morgan fingerprint density at radius 3 is 2.56 bits per heavy atom. The van der Waals surface area contributed by atoms with E-state index >= 15 is 0 Å². The molecule has 3 nitrogen and oxygen atoms in total. The van der Waals surface area contributed by atoms with Gasteiger partial charge >= 0.3 is 5.97 Å². The zero-order valence-electron chi connectivity index (χ0n) is 10.9. The summed E-state index contributed by atoms with van der Waals surface area (Å²) in [4.78, 5) is 10.8. The Morgan fingerprint density at radius 1 is 1.50 bits per heavy atom. The van der Waals surface area contributed by atoms with Gasteiger partial charge in [0.05, 0.1) is 0 Å². The zero-order valence-corrected chi connectivity index (χ0v) is 11.9. The molecule has 0 saturated heterocycles. The summed E-state index contributed by atoms with van der Waals surface area (Å²) in [6, 6.07) is 0. The zero-order chi connectivity index (χ0) is 12.4. The average Bonchev–Trinajstić information content (AvgIpc) is 2.15. The van der Waals surface area contributed by atoms with E-state index in [1.54, 1.807) is 0 Å². The third-order valence-corrected chi connectivity index (χ3v) is 7.91. The number of ether oxygens (including phenoxy) is 1. The Kier molecular flexibility index (Phi) is 3.96. The molecule has 92 valence electrons. The number of hydrogen-bond donors (Lipinski definition) is 0. The molecule has 0 amide bonds. The standard InChI is InChI=1S/C12H22O3Si/c1-12(2,3)16(4,5)15-9-10-6-7-11(13)14-8-10/h6-7,10H,8-9H2,1-5H3. The fourth-order valence-electron chi connectivity index (χ4n) is 1.14. The van der Waals surface area contributed by atoms with Crippen molar-refractivity contribution in [2.75, 3.05) is 13.2 Å². The number of carbonyl (C=O) groups is 1. The molecule has 0 bridgehead atoms. The van der Waals surface area contributed by atoms with Crippen LogP contribution < -0.4 is 0 Å². The van der Waals surface area contributed by atoms with Crippen LogP contribution in [0.2, 0.25) is 18.1 Å². The van der Waals surface area contributed by atoms with E-state index < -0.39 is 8.32 Å². The van der Waals surface area contributed by atoms with Gasteiger partial charge in [-0.15, -0.1) is 0 Å². The Labute approximate surface area is 99.0 Å². The fraction of sp³-hybridized carbons (Fsp3) is 0.750. The van der Waals surface area contributed by atoms with Crippen molar-refractivity contribution >= 4 is 14.3 Å². The second kappa shape index (κ2) is 4.71. The molecule has 0 aromatic heterocycles. The van der Waals surface area contributed by atoms with Gasteiger partial charge in [0.1, 0.15) is 6.61 Å². The fourth-order valence-corrected chi connectivity index (χ4v) is 2.21. The molecule has 1 heterocycles. The SMILES string of the molecule is CC(C)(C)[Si](C)(C)OCC1C=CC(=O)OC1. The predicted molar refractivity (Wildman–Crippen MR) is 66.7 cm³/mol. The van der Waals surface area contributed by atoms with Gasteiger partial charge in [-0.25, -0.2) is 4.79 Å². The highest BCUT2D eigenvalue weighted by molar-refractivity contribution is 6.74. The molecule has 0 fully saturated rings. The minimum absolute atomic E-state index is 0.215. The largest absolute Gasteiger partial charge is 0.462 e. The van der Waals surface area contributed by atoms with E-state index in [9.17, 15) is 4.79 Å². The van der Waals surface area contributed by atoms with Crippen LogP contribution in [0.4, 0.5) is 0 Å². The van der Waals surface area contributed by atoms with Crippen molar-refractivity contribution in [3.8, 4) is 0 Å². The van der Waals surface area contributed by atoms with Gasteiger partial charge in [-0.2, -0.15) is 0 Å². The van der Waals surface area contributed by atoms with Crippen molar-refractivity contribution in [2.45, 2.75) is 38.9 Å². The summed E-state index contributed by atoms with van der Waals surface area (Å²) >= 11 is 0. The Hall–Kier alpha value is -0.613. The number of hydrogen-bond acceptors (Lipinski definition) is 3. The van der Waals surface area contributed by atoms with Crippen LogP contribution in [0.3, 0.4) is 0 Å². The van der Waals surface area contributed by atoms with E-state index in [4.69, 9.17) is 9.16 Å². The van der Waals surface area contributed by atoms with Gasteiger partial charge in [0.25, 0.3) is 0 Å². The quantitative estimate of drug-likeness (QED) is 0.564. The van der Waals surface area contributed by atoms with Crippen molar-refractivity contribution in [2.24, 2.45) is 5.92 Å². The Bertz CT molecular complexity index is 289. The second-order valence-corrected chi connectivity index (χ2v) is 10.6. The summed E-state index contributed by atoms with van der Waals surface area (Å²) in [6.07, 6.45) is 3.38. The van der Waals surface area contributed by atoms with Crippen molar-refractivity contribution in [1.82, 2.24) is 0 Å². The molecule has 0 aromatic rings. The summed E-state index contributed by atoms with van der Waals surface area (Å²) in [6.45, 7) is 12.2. The molecule has 4 heteroatoms. The topological polar surface area (TPSA) is 35.5 Å². The van der Waals surface area contributed by atoms with Crippen LogP contribution in [0.25, 0.3) is 0 Å². The molecule has 0 aromatic carbocycles. The van der Waals surface area contributed by atoms with Crippen LogP contribution in [0.15, 0.2) is 12.2 Å². The highest BCUT2D eigenvalue weighted by Crippen LogP contribution is 2.36. The summed E-state index contributed by atoms with van der Waals surface area (Å²) in [5.41, 5.74) is 0. The molecule has 0 N–H and O–H groups in total. The lowest BCUT2D eigenvalue weighted by Gasteiger charge is -2.37. The first-order valence-corrected chi connectivity index (χ1v) is 8.62. The molecule has 1 aliphatic heterocycles. The second-order valence-electron chi connectivity index (χ2n) is 5.82.